The van der Waals surface area contributed by atoms with Gasteiger partial charge in [-0.1, -0.05) is 235 Å². The fourth-order valence-electron chi connectivity index (χ4n) is 7.02. The maximum Gasteiger partial charge on any atom is 0.306 e. The van der Waals surface area contributed by atoms with Crippen LogP contribution in [0.15, 0.2) is 182 Å². The zero-order chi connectivity index (χ0) is 54.3. The van der Waals surface area contributed by atoms with Gasteiger partial charge in [0.2, 0.25) is 0 Å². The Hall–Kier alpha value is -5.49. The number of hydrogen-bond acceptors (Lipinski definition) is 6. The number of ether oxygens (including phenoxy) is 3. The molecule has 0 rings (SSSR count). The number of rotatable bonds is 50. The van der Waals surface area contributed by atoms with E-state index in [9.17, 15) is 14.4 Å². The second-order valence-corrected chi connectivity index (χ2v) is 18.5. The average molecular weight is 1030 g/mol. The SMILES string of the molecule is CC/C=C\C/C=C\C/C=C\C/C=C\C/C=C\C/C=C\CCC(=O)O[C@H](COC(=O)CC/C=C\C/C=C\C/C=C\C/C=C\C/C=C\CCCCC)COC(=O)CCCCC/C=C\C/C=C\C/C=C\C/C=C\CCCCC. The molecule has 416 valence electrons. The van der Waals surface area contributed by atoms with E-state index in [4.69, 9.17) is 14.2 Å². The van der Waals surface area contributed by atoms with Crippen molar-refractivity contribution in [2.24, 2.45) is 0 Å². The maximum atomic E-state index is 12.8. The van der Waals surface area contributed by atoms with E-state index in [-0.39, 0.29) is 38.4 Å². The standard InChI is InChI=1S/C69H104O6/c1-4-7-10-13-16-19-22-25-28-31-34-37-40-43-46-49-52-55-58-61-67(70)73-64-66(75-69(72)63-60-57-54-51-48-45-42-39-36-33-30-27-24-21-18-15-12-9-6-3)65-74-68(71)62-59-56-53-50-47-44-41-38-35-32-29-26-23-20-17-14-11-8-5-2/h9,12,16-21,25-30,34-39,43-48,52,54-55,57,66H,4-8,10-11,13-15,22-24,31-33,40-42,49-51,53,56,58-65H2,1-3H3/b12-9-,19-16-,20-17-,21-18-,28-25-,29-26-,30-27-,37-34-,38-35-,39-36-,46-43-,47-44-,48-45-,55-52-,57-54-/t66-/m1/s1. The quantitative estimate of drug-likeness (QED) is 0.0261. The second kappa shape index (κ2) is 61.1. The first-order chi connectivity index (χ1) is 37.0. The number of allylic oxidation sites excluding steroid dienone is 30. The van der Waals surface area contributed by atoms with Crippen molar-refractivity contribution in [2.75, 3.05) is 13.2 Å². The summed E-state index contributed by atoms with van der Waals surface area (Å²) in [7, 11) is 0. The molecule has 0 heterocycles. The normalized spacial score (nSPS) is 13.5. The molecule has 0 fully saturated rings. The Bertz CT molecular complexity index is 1800. The molecular formula is C69H104O6. The fourth-order valence-corrected chi connectivity index (χ4v) is 7.02. The van der Waals surface area contributed by atoms with Crippen molar-refractivity contribution in [1.82, 2.24) is 0 Å². The van der Waals surface area contributed by atoms with Crippen LogP contribution in [-0.2, 0) is 28.6 Å². The van der Waals surface area contributed by atoms with Gasteiger partial charge in [-0.25, -0.2) is 0 Å². The van der Waals surface area contributed by atoms with Crippen molar-refractivity contribution in [1.29, 1.82) is 0 Å². The van der Waals surface area contributed by atoms with Crippen LogP contribution >= 0.6 is 0 Å². The molecule has 6 nitrogen and oxygen atoms in total. The van der Waals surface area contributed by atoms with E-state index in [1.807, 2.05) is 24.3 Å². The van der Waals surface area contributed by atoms with Gasteiger partial charge in [-0.15, -0.1) is 0 Å². The number of esters is 3. The van der Waals surface area contributed by atoms with E-state index in [0.717, 1.165) is 103 Å². The lowest BCUT2D eigenvalue weighted by Gasteiger charge is -2.18. The van der Waals surface area contributed by atoms with Gasteiger partial charge < -0.3 is 14.2 Å². The summed E-state index contributed by atoms with van der Waals surface area (Å²) in [4.78, 5) is 38.1. The molecule has 0 aromatic rings. The van der Waals surface area contributed by atoms with Crippen LogP contribution < -0.4 is 0 Å². The van der Waals surface area contributed by atoms with Gasteiger partial charge in [-0.05, 0) is 141 Å². The highest BCUT2D eigenvalue weighted by molar-refractivity contribution is 5.71. The van der Waals surface area contributed by atoms with Crippen molar-refractivity contribution in [3.05, 3.63) is 182 Å². The summed E-state index contributed by atoms with van der Waals surface area (Å²) in [5.74, 6) is -1.17. The van der Waals surface area contributed by atoms with Gasteiger partial charge in [-0.3, -0.25) is 14.4 Å². The van der Waals surface area contributed by atoms with Gasteiger partial charge in [0, 0.05) is 19.3 Å². The largest absolute Gasteiger partial charge is 0.462 e. The van der Waals surface area contributed by atoms with Gasteiger partial charge in [0.1, 0.15) is 13.2 Å². The van der Waals surface area contributed by atoms with E-state index in [1.165, 1.54) is 51.4 Å². The molecule has 0 bridgehead atoms. The van der Waals surface area contributed by atoms with E-state index < -0.39 is 18.0 Å². The molecule has 0 unspecified atom stereocenters. The van der Waals surface area contributed by atoms with Crippen molar-refractivity contribution in [3.63, 3.8) is 0 Å². The highest BCUT2D eigenvalue weighted by atomic mass is 16.6. The molecule has 1 atom stereocenters. The molecule has 0 spiro atoms. The molecule has 0 radical (unpaired) electrons. The Morgan fingerprint density at radius 3 is 0.867 bits per heavy atom. The van der Waals surface area contributed by atoms with Gasteiger partial charge in [0.05, 0.1) is 0 Å². The third-order valence-corrected chi connectivity index (χ3v) is 11.4. The van der Waals surface area contributed by atoms with Crippen molar-refractivity contribution in [3.8, 4) is 0 Å². The molecule has 0 aliphatic rings. The number of carbonyl (C=O) groups is 3. The van der Waals surface area contributed by atoms with Crippen LogP contribution in [0.3, 0.4) is 0 Å². The van der Waals surface area contributed by atoms with Crippen molar-refractivity contribution < 1.29 is 28.6 Å². The monoisotopic (exact) mass is 1030 g/mol. The molecule has 0 aromatic carbocycles. The van der Waals surface area contributed by atoms with E-state index >= 15 is 0 Å². The van der Waals surface area contributed by atoms with Crippen molar-refractivity contribution >= 4 is 17.9 Å². The topological polar surface area (TPSA) is 78.9 Å². The molecule has 0 aromatic heterocycles. The van der Waals surface area contributed by atoms with Gasteiger partial charge in [0.25, 0.3) is 0 Å². The fraction of sp³-hybridized carbons (Fsp3) is 0.522. The van der Waals surface area contributed by atoms with E-state index in [2.05, 4.69) is 179 Å². The molecule has 75 heavy (non-hydrogen) atoms. The zero-order valence-electron chi connectivity index (χ0n) is 47.5. The smallest absolute Gasteiger partial charge is 0.306 e. The molecule has 0 aliphatic carbocycles. The summed E-state index contributed by atoms with van der Waals surface area (Å²) < 4.78 is 16.7. The van der Waals surface area contributed by atoms with E-state index in [1.54, 1.807) is 0 Å². The second-order valence-electron chi connectivity index (χ2n) is 18.5. The molecular weight excluding hydrogens is 925 g/mol. The molecule has 0 saturated carbocycles. The summed E-state index contributed by atoms with van der Waals surface area (Å²) in [5, 5.41) is 0. The van der Waals surface area contributed by atoms with Crippen LogP contribution in [0.4, 0.5) is 0 Å². The van der Waals surface area contributed by atoms with Crippen LogP contribution in [0, 0.1) is 0 Å². The first-order valence-electron chi connectivity index (χ1n) is 29.3. The third kappa shape index (κ3) is 59.3. The minimum Gasteiger partial charge on any atom is -0.462 e. The summed E-state index contributed by atoms with van der Waals surface area (Å²) in [5.41, 5.74) is 0. The first kappa shape index (κ1) is 69.5. The Balaban J connectivity index is 4.71. The van der Waals surface area contributed by atoms with Crippen LogP contribution in [0.5, 0.6) is 0 Å². The molecule has 0 N–H and O–H groups in total. The van der Waals surface area contributed by atoms with E-state index in [0.29, 0.717) is 19.3 Å². The predicted octanol–water partition coefficient (Wildman–Crippen LogP) is 20.1. The summed E-state index contributed by atoms with van der Waals surface area (Å²) >= 11 is 0. The Morgan fingerprint density at radius 2 is 0.547 bits per heavy atom. The Morgan fingerprint density at radius 1 is 0.280 bits per heavy atom. The number of carbonyl (C=O) groups excluding carboxylic acids is 3. The summed E-state index contributed by atoms with van der Waals surface area (Å²) in [6.45, 7) is 6.29. The third-order valence-electron chi connectivity index (χ3n) is 11.4. The summed E-state index contributed by atoms with van der Waals surface area (Å²) in [6, 6.07) is 0. The van der Waals surface area contributed by atoms with Crippen LogP contribution in [0.25, 0.3) is 0 Å². The average Bonchev–Trinajstić information content (AvgIpc) is 3.41. The lowest BCUT2D eigenvalue weighted by molar-refractivity contribution is -0.166. The zero-order valence-corrected chi connectivity index (χ0v) is 47.5. The Labute approximate surface area is 459 Å². The maximum absolute atomic E-state index is 12.8. The highest BCUT2D eigenvalue weighted by Gasteiger charge is 2.19. The van der Waals surface area contributed by atoms with Crippen LogP contribution in [-0.4, -0.2) is 37.2 Å². The lowest BCUT2D eigenvalue weighted by Crippen LogP contribution is -2.30. The highest BCUT2D eigenvalue weighted by Crippen LogP contribution is 2.09. The van der Waals surface area contributed by atoms with Gasteiger partial charge in [-0.2, -0.15) is 0 Å². The molecule has 0 amide bonds. The summed E-state index contributed by atoms with van der Waals surface area (Å²) in [6.07, 6.45) is 91.9. The first-order valence-corrected chi connectivity index (χ1v) is 29.3. The molecule has 0 aliphatic heterocycles. The minimum atomic E-state index is -0.874. The minimum absolute atomic E-state index is 0.158. The van der Waals surface area contributed by atoms with Crippen molar-refractivity contribution in [2.45, 2.75) is 219 Å². The number of unbranched alkanes of at least 4 members (excludes halogenated alkanes) is 9. The number of hydrogen-bond donors (Lipinski definition) is 0. The van der Waals surface area contributed by atoms with Gasteiger partial charge >= 0.3 is 17.9 Å². The predicted molar refractivity (Wildman–Crippen MR) is 324 cm³/mol. The molecule has 0 saturated heterocycles. The Kier molecular flexibility index (Phi) is 56.6. The van der Waals surface area contributed by atoms with Crippen LogP contribution in [0.1, 0.15) is 213 Å². The van der Waals surface area contributed by atoms with Gasteiger partial charge in [0.15, 0.2) is 6.10 Å². The lowest BCUT2D eigenvalue weighted by atomic mass is 10.1. The van der Waals surface area contributed by atoms with Crippen LogP contribution in [0.2, 0.25) is 0 Å². The molecule has 6 heteroatoms.